The van der Waals surface area contributed by atoms with Crippen LogP contribution in [-0.4, -0.2) is 37.3 Å². The van der Waals surface area contributed by atoms with Crippen LogP contribution in [0, 0.1) is 11.8 Å². The summed E-state index contributed by atoms with van der Waals surface area (Å²) >= 11 is 0. The van der Waals surface area contributed by atoms with Crippen molar-refractivity contribution in [3.63, 3.8) is 0 Å². The van der Waals surface area contributed by atoms with Gasteiger partial charge in [-0.2, -0.15) is 0 Å². The first-order chi connectivity index (χ1) is 16.5. The number of rotatable bonds is 7. The summed E-state index contributed by atoms with van der Waals surface area (Å²) in [6, 6.07) is 13.1. The van der Waals surface area contributed by atoms with Gasteiger partial charge in [-0.15, -0.1) is 0 Å². The number of imidazole rings is 1. The van der Waals surface area contributed by atoms with Crippen LogP contribution in [0.25, 0.3) is 11.3 Å². The van der Waals surface area contributed by atoms with E-state index < -0.39 is 12.1 Å². The maximum absolute atomic E-state index is 11.1. The molecule has 0 fully saturated rings. The van der Waals surface area contributed by atoms with Crippen molar-refractivity contribution in [2.75, 3.05) is 6.54 Å². The van der Waals surface area contributed by atoms with Gasteiger partial charge in [-0.1, -0.05) is 17.0 Å². The fourth-order valence-electron chi connectivity index (χ4n) is 3.18. The normalized spacial score (nSPS) is 11.5. The summed E-state index contributed by atoms with van der Waals surface area (Å²) in [6.07, 6.45) is 4.41. The van der Waals surface area contributed by atoms with Crippen molar-refractivity contribution in [1.29, 1.82) is 0 Å². The van der Waals surface area contributed by atoms with E-state index in [1.54, 1.807) is 31.6 Å². The lowest BCUT2D eigenvalue weighted by Crippen LogP contribution is -2.16. The van der Waals surface area contributed by atoms with Crippen LogP contribution in [-0.2, 0) is 22.7 Å². The second kappa shape index (κ2) is 10.6. The van der Waals surface area contributed by atoms with Crippen molar-refractivity contribution in [3.8, 4) is 23.2 Å². The molecule has 9 nitrogen and oxygen atoms in total. The smallest absolute Gasteiger partial charge is 0.320 e. The fraction of sp³-hybridized carbons (Fsp3) is 0.200. The molecule has 1 aromatic carbocycles. The van der Waals surface area contributed by atoms with E-state index in [1.165, 1.54) is 0 Å². The number of pyridine rings is 1. The molecular weight excluding hydrogens is 434 g/mol. The van der Waals surface area contributed by atoms with E-state index in [2.05, 4.69) is 27.0 Å². The van der Waals surface area contributed by atoms with Gasteiger partial charge in [0, 0.05) is 41.3 Å². The number of aliphatic hydroxyl groups is 1. The Hall–Kier alpha value is -4.26. The Balaban J connectivity index is 1.38. The predicted molar refractivity (Wildman–Crippen MR) is 123 cm³/mol. The van der Waals surface area contributed by atoms with Crippen molar-refractivity contribution < 1.29 is 19.2 Å². The van der Waals surface area contributed by atoms with Crippen molar-refractivity contribution >= 4 is 5.97 Å². The van der Waals surface area contributed by atoms with Crippen molar-refractivity contribution in [2.24, 2.45) is 5.73 Å². The molecule has 3 aromatic heterocycles. The lowest BCUT2D eigenvalue weighted by atomic mass is 10.1. The summed E-state index contributed by atoms with van der Waals surface area (Å²) in [5, 5.41) is 13.9. The second-order valence-electron chi connectivity index (χ2n) is 7.50. The highest BCUT2D eigenvalue weighted by Gasteiger charge is 2.12. The second-order valence-corrected chi connectivity index (χ2v) is 7.50. The van der Waals surface area contributed by atoms with Gasteiger partial charge in [-0.25, -0.2) is 4.98 Å². The molecule has 0 saturated carbocycles. The van der Waals surface area contributed by atoms with E-state index in [0.29, 0.717) is 23.8 Å². The lowest BCUT2D eigenvalue weighted by molar-refractivity contribution is -0.143. The monoisotopic (exact) mass is 457 g/mol. The van der Waals surface area contributed by atoms with Crippen LogP contribution >= 0.6 is 0 Å². The zero-order chi connectivity index (χ0) is 23.9. The third-order valence-electron chi connectivity index (χ3n) is 4.91. The predicted octanol–water partition coefficient (Wildman–Crippen LogP) is 2.44. The minimum absolute atomic E-state index is 0.0819. The van der Waals surface area contributed by atoms with E-state index >= 15 is 0 Å². The number of esters is 1. The molecule has 3 heterocycles. The van der Waals surface area contributed by atoms with Gasteiger partial charge in [0.15, 0.2) is 5.76 Å². The Morgan fingerprint density at radius 3 is 2.62 bits per heavy atom. The Bertz CT molecular complexity index is 1310. The molecule has 9 heteroatoms. The maximum Gasteiger partial charge on any atom is 0.320 e. The Kier molecular flexibility index (Phi) is 7.13. The SMILES string of the molecule is C[C@H](O)c1nccn1Cc1cc(-c2ccc(C#Cc3ccc(COC(=O)CN)nc3)cc2)on1. The molecule has 0 saturated heterocycles. The van der Waals surface area contributed by atoms with Crippen molar-refractivity contribution in [3.05, 3.63) is 89.4 Å². The lowest BCUT2D eigenvalue weighted by Gasteiger charge is -2.07. The van der Waals surface area contributed by atoms with Gasteiger partial charge in [-0.3, -0.25) is 9.78 Å². The van der Waals surface area contributed by atoms with Gasteiger partial charge in [0.2, 0.25) is 0 Å². The highest BCUT2D eigenvalue weighted by Crippen LogP contribution is 2.22. The zero-order valence-corrected chi connectivity index (χ0v) is 18.5. The first-order valence-corrected chi connectivity index (χ1v) is 10.6. The molecule has 0 unspecified atom stereocenters. The summed E-state index contributed by atoms with van der Waals surface area (Å²) in [5.41, 5.74) is 9.02. The van der Waals surface area contributed by atoms with Gasteiger partial charge in [0.05, 0.1) is 18.8 Å². The molecule has 4 rings (SSSR count). The van der Waals surface area contributed by atoms with Gasteiger partial charge < -0.3 is 24.7 Å². The summed E-state index contributed by atoms with van der Waals surface area (Å²) in [4.78, 5) is 19.5. The minimum atomic E-state index is -0.662. The number of aliphatic hydroxyl groups excluding tert-OH is 1. The number of benzene rings is 1. The molecule has 0 aliphatic carbocycles. The molecule has 0 bridgehead atoms. The van der Waals surface area contributed by atoms with Crippen LogP contribution < -0.4 is 5.73 Å². The summed E-state index contributed by atoms with van der Waals surface area (Å²) in [7, 11) is 0. The third-order valence-corrected chi connectivity index (χ3v) is 4.91. The van der Waals surface area contributed by atoms with Gasteiger partial charge >= 0.3 is 5.97 Å². The molecule has 0 spiro atoms. The molecule has 4 aromatic rings. The van der Waals surface area contributed by atoms with E-state index in [9.17, 15) is 9.90 Å². The molecular formula is C25H23N5O4. The Morgan fingerprint density at radius 1 is 1.15 bits per heavy atom. The van der Waals surface area contributed by atoms with Crippen LogP contribution in [0.15, 0.2) is 65.6 Å². The van der Waals surface area contributed by atoms with Gasteiger partial charge in [0.25, 0.3) is 0 Å². The molecule has 0 aliphatic rings. The number of ether oxygens (including phenoxy) is 1. The van der Waals surface area contributed by atoms with E-state index in [-0.39, 0.29) is 13.2 Å². The van der Waals surface area contributed by atoms with E-state index in [1.807, 2.05) is 41.0 Å². The molecule has 3 N–H and O–H groups in total. The topological polar surface area (TPSA) is 129 Å². The standard InChI is InChI=1S/C25H23N5O4/c1-17(31)25-27-10-11-30(25)15-22-12-23(34-29-22)20-7-4-18(5-8-20)2-3-19-6-9-21(28-14-19)16-33-24(32)13-26/h4-12,14,17,31H,13,15-16,26H2,1H3/t17-/m0/s1. The number of hydrogen-bond donors (Lipinski definition) is 2. The number of nitrogens with zero attached hydrogens (tertiary/aromatic N) is 4. The van der Waals surface area contributed by atoms with Crippen LogP contribution in [0.3, 0.4) is 0 Å². The first-order valence-electron chi connectivity index (χ1n) is 10.6. The first kappa shape index (κ1) is 22.9. The molecule has 0 aliphatic heterocycles. The molecule has 34 heavy (non-hydrogen) atoms. The molecule has 1 atom stereocenters. The minimum Gasteiger partial charge on any atom is -0.458 e. The Morgan fingerprint density at radius 2 is 1.91 bits per heavy atom. The molecule has 0 amide bonds. The van der Waals surface area contributed by atoms with Crippen LogP contribution in [0.2, 0.25) is 0 Å². The highest BCUT2D eigenvalue weighted by atomic mass is 16.5. The number of aromatic nitrogens is 4. The van der Waals surface area contributed by atoms with Crippen molar-refractivity contribution in [2.45, 2.75) is 26.2 Å². The van der Waals surface area contributed by atoms with Crippen LogP contribution in [0.4, 0.5) is 0 Å². The van der Waals surface area contributed by atoms with Crippen molar-refractivity contribution in [1.82, 2.24) is 19.7 Å². The highest BCUT2D eigenvalue weighted by molar-refractivity contribution is 5.71. The summed E-state index contributed by atoms with van der Waals surface area (Å²) in [6.45, 7) is 2.05. The maximum atomic E-state index is 11.1. The number of carbonyl (C=O) groups excluding carboxylic acids is 1. The average Bonchev–Trinajstić information content (AvgIpc) is 3.52. The summed E-state index contributed by atoms with van der Waals surface area (Å²) < 4.78 is 12.3. The number of carbonyl (C=O) groups is 1. The molecule has 0 radical (unpaired) electrons. The van der Waals surface area contributed by atoms with Crippen LogP contribution in [0.5, 0.6) is 0 Å². The largest absolute Gasteiger partial charge is 0.458 e. The Labute approximate surface area is 196 Å². The van der Waals surface area contributed by atoms with Gasteiger partial charge in [0.1, 0.15) is 24.2 Å². The number of hydrogen-bond acceptors (Lipinski definition) is 8. The van der Waals surface area contributed by atoms with E-state index in [0.717, 1.165) is 22.4 Å². The number of nitrogens with two attached hydrogens (primary N) is 1. The average molecular weight is 457 g/mol. The van der Waals surface area contributed by atoms with E-state index in [4.69, 9.17) is 15.0 Å². The fourth-order valence-corrected chi connectivity index (χ4v) is 3.18. The van der Waals surface area contributed by atoms with Crippen LogP contribution in [0.1, 0.15) is 41.4 Å². The third kappa shape index (κ3) is 5.75. The zero-order valence-electron chi connectivity index (χ0n) is 18.5. The summed E-state index contributed by atoms with van der Waals surface area (Å²) in [5.74, 6) is 6.90. The van der Waals surface area contributed by atoms with Gasteiger partial charge in [-0.05, 0) is 43.3 Å². The quantitative estimate of drug-likeness (QED) is 0.320. The molecule has 172 valence electrons.